The van der Waals surface area contributed by atoms with Gasteiger partial charge in [-0.3, -0.25) is 0 Å². The highest BCUT2D eigenvalue weighted by Gasteiger charge is 2.16. The molecule has 1 rings (SSSR count). The van der Waals surface area contributed by atoms with Gasteiger partial charge in [0.05, 0.1) is 0 Å². The zero-order valence-corrected chi connectivity index (χ0v) is 12.1. The summed E-state index contributed by atoms with van der Waals surface area (Å²) in [5.41, 5.74) is 1.44. The quantitative estimate of drug-likeness (QED) is 0.723. The molecule has 0 saturated carbocycles. The van der Waals surface area contributed by atoms with E-state index in [9.17, 15) is 0 Å². The van der Waals surface area contributed by atoms with Crippen molar-refractivity contribution in [2.45, 2.75) is 33.2 Å². The molecule has 0 atom stereocenters. The minimum Gasteiger partial charge on any atom is -0.312 e. The molecule has 0 bridgehead atoms. The van der Waals surface area contributed by atoms with Crippen LogP contribution in [0, 0.1) is 5.41 Å². The zero-order chi connectivity index (χ0) is 12.7. The van der Waals surface area contributed by atoms with Crippen LogP contribution < -0.4 is 5.32 Å². The van der Waals surface area contributed by atoms with E-state index in [1.54, 1.807) is 0 Å². The number of hydrogen-bond donors (Lipinski definition) is 1. The Morgan fingerprint density at radius 3 is 2.59 bits per heavy atom. The molecule has 1 N–H and O–H groups in total. The van der Waals surface area contributed by atoms with E-state index in [0.717, 1.165) is 42.4 Å². The average Bonchev–Trinajstić information content (AvgIpc) is 2.29. The van der Waals surface area contributed by atoms with Crippen LogP contribution in [0.3, 0.4) is 0 Å². The summed E-state index contributed by atoms with van der Waals surface area (Å²) < 4.78 is 0. The van der Waals surface area contributed by atoms with Gasteiger partial charge in [0.25, 0.3) is 0 Å². The number of alkyl halides is 1. The second kappa shape index (κ2) is 7.25. The van der Waals surface area contributed by atoms with Crippen molar-refractivity contribution in [3.8, 4) is 0 Å². The van der Waals surface area contributed by atoms with Crippen LogP contribution in [0.2, 0.25) is 5.02 Å². The van der Waals surface area contributed by atoms with Gasteiger partial charge in [-0.15, -0.1) is 11.6 Å². The van der Waals surface area contributed by atoms with Crippen LogP contribution in [0.4, 0.5) is 0 Å². The highest BCUT2D eigenvalue weighted by atomic mass is 35.5. The Balaban J connectivity index is 2.35. The predicted octanol–water partition coefficient (Wildman–Crippen LogP) is 4.47. The van der Waals surface area contributed by atoms with Gasteiger partial charge in [-0.2, -0.15) is 0 Å². The Kier molecular flexibility index (Phi) is 6.32. The molecule has 0 spiro atoms. The molecule has 0 heterocycles. The lowest BCUT2D eigenvalue weighted by molar-refractivity contribution is 0.311. The number of nitrogens with one attached hydrogen (secondary N) is 1. The fourth-order valence-electron chi connectivity index (χ4n) is 1.81. The molecule has 3 heteroatoms. The van der Waals surface area contributed by atoms with E-state index in [1.807, 2.05) is 18.2 Å². The number of hydrogen-bond acceptors (Lipinski definition) is 1. The molecule has 0 aromatic heterocycles. The minimum absolute atomic E-state index is 0.288. The monoisotopic (exact) mass is 273 g/mol. The fourth-order valence-corrected chi connectivity index (χ4v) is 2.15. The molecule has 0 unspecified atom stereocenters. The van der Waals surface area contributed by atoms with E-state index in [1.165, 1.54) is 0 Å². The molecule has 0 fully saturated rings. The Morgan fingerprint density at radius 2 is 1.94 bits per heavy atom. The largest absolute Gasteiger partial charge is 0.312 e. The van der Waals surface area contributed by atoms with Gasteiger partial charge in [-0.05, 0) is 29.9 Å². The Morgan fingerprint density at radius 1 is 1.24 bits per heavy atom. The number of halogens is 2. The molecule has 17 heavy (non-hydrogen) atoms. The molecular formula is C14H21Cl2N. The maximum Gasteiger partial charge on any atom is 0.0450 e. The third-order valence-electron chi connectivity index (χ3n) is 2.86. The van der Waals surface area contributed by atoms with Gasteiger partial charge < -0.3 is 5.32 Å². The predicted molar refractivity (Wildman–Crippen MR) is 76.9 cm³/mol. The summed E-state index contributed by atoms with van der Waals surface area (Å²) in [6.07, 6.45) is 2.22. The van der Waals surface area contributed by atoms with Crippen LogP contribution in [-0.4, -0.2) is 12.4 Å². The van der Waals surface area contributed by atoms with Gasteiger partial charge in [0.15, 0.2) is 0 Å². The summed E-state index contributed by atoms with van der Waals surface area (Å²) in [5, 5.41) is 4.30. The van der Waals surface area contributed by atoms with Crippen molar-refractivity contribution < 1.29 is 0 Å². The van der Waals surface area contributed by atoms with Crippen LogP contribution in [0.25, 0.3) is 0 Å². The van der Waals surface area contributed by atoms with E-state index in [4.69, 9.17) is 23.2 Å². The summed E-state index contributed by atoms with van der Waals surface area (Å²) in [6, 6.07) is 7.95. The lowest BCUT2D eigenvalue weighted by atomic mass is 9.88. The smallest absolute Gasteiger partial charge is 0.0450 e. The van der Waals surface area contributed by atoms with E-state index in [0.29, 0.717) is 0 Å². The summed E-state index contributed by atoms with van der Waals surface area (Å²) in [6.45, 7) is 6.33. The van der Waals surface area contributed by atoms with Crippen LogP contribution >= 0.6 is 23.2 Å². The van der Waals surface area contributed by atoms with E-state index >= 15 is 0 Å². The maximum atomic E-state index is 6.10. The second-order valence-corrected chi connectivity index (χ2v) is 5.94. The van der Waals surface area contributed by atoms with Crippen LogP contribution in [0.15, 0.2) is 24.3 Å². The molecule has 0 amide bonds. The van der Waals surface area contributed by atoms with Crippen molar-refractivity contribution in [1.29, 1.82) is 0 Å². The van der Waals surface area contributed by atoms with Gasteiger partial charge in [-0.1, -0.05) is 43.6 Å². The van der Waals surface area contributed by atoms with Crippen molar-refractivity contribution in [3.63, 3.8) is 0 Å². The number of rotatable bonds is 7. The molecule has 0 aliphatic heterocycles. The standard InChI is InChI=1S/C14H21Cl2N/c1-14(2,8-5-9-15)11-17-10-12-6-3-4-7-13(12)16/h3-4,6-7,17H,5,8-11H2,1-2H3. The average molecular weight is 274 g/mol. The van der Waals surface area contributed by atoms with Gasteiger partial charge in [0, 0.05) is 24.0 Å². The second-order valence-electron chi connectivity index (χ2n) is 5.15. The van der Waals surface area contributed by atoms with Gasteiger partial charge in [0.2, 0.25) is 0 Å². The van der Waals surface area contributed by atoms with Crippen LogP contribution in [-0.2, 0) is 6.54 Å². The van der Waals surface area contributed by atoms with Gasteiger partial charge in [-0.25, -0.2) is 0 Å². The molecule has 1 nitrogen and oxygen atoms in total. The first kappa shape index (κ1) is 14.8. The molecule has 0 saturated heterocycles. The molecule has 1 aromatic carbocycles. The Labute approximate surface area is 115 Å². The van der Waals surface area contributed by atoms with Gasteiger partial charge >= 0.3 is 0 Å². The molecule has 0 aliphatic carbocycles. The summed E-state index contributed by atoms with van der Waals surface area (Å²) in [7, 11) is 0. The Hall–Kier alpha value is -0.240. The minimum atomic E-state index is 0.288. The van der Waals surface area contributed by atoms with E-state index < -0.39 is 0 Å². The lowest BCUT2D eigenvalue weighted by Gasteiger charge is -2.24. The number of benzene rings is 1. The summed E-state index contributed by atoms with van der Waals surface area (Å²) >= 11 is 11.8. The van der Waals surface area contributed by atoms with Crippen molar-refractivity contribution in [2.75, 3.05) is 12.4 Å². The van der Waals surface area contributed by atoms with Crippen LogP contribution in [0.1, 0.15) is 32.3 Å². The first-order valence-electron chi connectivity index (χ1n) is 6.05. The fraction of sp³-hybridized carbons (Fsp3) is 0.571. The van der Waals surface area contributed by atoms with E-state index in [-0.39, 0.29) is 5.41 Å². The lowest BCUT2D eigenvalue weighted by Crippen LogP contribution is -2.29. The molecule has 0 radical (unpaired) electrons. The third kappa shape index (κ3) is 5.76. The summed E-state index contributed by atoms with van der Waals surface area (Å²) in [4.78, 5) is 0. The highest BCUT2D eigenvalue weighted by molar-refractivity contribution is 6.31. The van der Waals surface area contributed by atoms with Crippen molar-refractivity contribution >= 4 is 23.2 Å². The van der Waals surface area contributed by atoms with Gasteiger partial charge in [0.1, 0.15) is 0 Å². The zero-order valence-electron chi connectivity index (χ0n) is 10.6. The normalized spacial score (nSPS) is 11.8. The molecular weight excluding hydrogens is 253 g/mol. The molecule has 0 aliphatic rings. The van der Waals surface area contributed by atoms with Crippen molar-refractivity contribution in [2.24, 2.45) is 5.41 Å². The molecule has 96 valence electrons. The first-order valence-corrected chi connectivity index (χ1v) is 6.96. The van der Waals surface area contributed by atoms with Crippen molar-refractivity contribution in [1.82, 2.24) is 5.32 Å². The highest BCUT2D eigenvalue weighted by Crippen LogP contribution is 2.22. The SMILES string of the molecule is CC(C)(CCCCl)CNCc1ccccc1Cl. The first-order chi connectivity index (χ1) is 8.05. The summed E-state index contributed by atoms with van der Waals surface area (Å²) in [5.74, 6) is 0.744. The van der Waals surface area contributed by atoms with Crippen LogP contribution in [0.5, 0.6) is 0 Å². The third-order valence-corrected chi connectivity index (χ3v) is 3.50. The van der Waals surface area contributed by atoms with E-state index in [2.05, 4.69) is 25.2 Å². The van der Waals surface area contributed by atoms with Crippen molar-refractivity contribution in [3.05, 3.63) is 34.9 Å². The Bertz CT molecular complexity index is 337. The topological polar surface area (TPSA) is 12.0 Å². The maximum absolute atomic E-state index is 6.10. The molecule has 1 aromatic rings.